The van der Waals surface area contributed by atoms with E-state index in [0.29, 0.717) is 29.1 Å². The van der Waals surface area contributed by atoms with Gasteiger partial charge in [-0.1, -0.05) is 52.3 Å². The molecule has 42 heavy (non-hydrogen) atoms. The summed E-state index contributed by atoms with van der Waals surface area (Å²) in [6.07, 6.45) is 8.72. The molecule has 5 aliphatic rings. The summed E-state index contributed by atoms with van der Waals surface area (Å²) in [5, 5.41) is 51.4. The van der Waals surface area contributed by atoms with Gasteiger partial charge >= 0.3 is 0 Å². The van der Waals surface area contributed by atoms with Crippen molar-refractivity contribution in [2.45, 2.75) is 141 Å². The highest BCUT2D eigenvalue weighted by Crippen LogP contribution is 2.67. The number of allylic oxidation sites excluding steroid dienone is 1. The van der Waals surface area contributed by atoms with E-state index in [4.69, 9.17) is 9.47 Å². The SMILES string of the molecule is C=CC(O)(CCC(C)C1CCC2C3CC=C4CC(OC5OC(CO)C(O)C(O)C5O)CCC4(C)C3CCC12C)C(C)C. The van der Waals surface area contributed by atoms with Crippen molar-refractivity contribution in [2.24, 2.45) is 46.3 Å². The Morgan fingerprint density at radius 2 is 1.79 bits per heavy atom. The van der Waals surface area contributed by atoms with E-state index in [-0.39, 0.29) is 17.4 Å². The van der Waals surface area contributed by atoms with Crippen molar-refractivity contribution in [3.63, 3.8) is 0 Å². The van der Waals surface area contributed by atoms with Crippen molar-refractivity contribution >= 4 is 0 Å². The average Bonchev–Trinajstić information content (AvgIpc) is 3.33. The van der Waals surface area contributed by atoms with Crippen LogP contribution in [0.15, 0.2) is 24.3 Å². The summed E-state index contributed by atoms with van der Waals surface area (Å²) in [4.78, 5) is 0. The first kappa shape index (κ1) is 32.6. The third-order valence-corrected chi connectivity index (χ3v) is 13.3. The van der Waals surface area contributed by atoms with Crippen molar-refractivity contribution < 1.29 is 35.0 Å². The number of aliphatic hydroxyl groups is 5. The maximum Gasteiger partial charge on any atom is 0.186 e. The van der Waals surface area contributed by atoms with Gasteiger partial charge < -0.3 is 35.0 Å². The first-order chi connectivity index (χ1) is 19.8. The van der Waals surface area contributed by atoms with Crippen LogP contribution in [0.4, 0.5) is 0 Å². The predicted molar refractivity (Wildman–Crippen MR) is 162 cm³/mol. The standard InChI is InChI=1S/C35H58O7/c1-7-35(40,20(2)3)17-12-21(4)25-10-11-26-24-9-8-22-18-23(13-15-33(22,5)27(24)14-16-34(25,26)6)41-32-31(39)30(38)29(37)28(19-36)42-32/h7-8,20-21,23-32,36-40H,1,9-19H2,2-6H3. The summed E-state index contributed by atoms with van der Waals surface area (Å²) in [5.41, 5.74) is 1.19. The molecule has 0 bridgehead atoms. The molecule has 3 saturated carbocycles. The smallest absolute Gasteiger partial charge is 0.186 e. The molecule has 4 aliphatic carbocycles. The lowest BCUT2D eigenvalue weighted by Crippen LogP contribution is -2.60. The van der Waals surface area contributed by atoms with Crippen LogP contribution in [0.1, 0.15) is 98.8 Å². The summed E-state index contributed by atoms with van der Waals surface area (Å²) in [6, 6.07) is 0. The van der Waals surface area contributed by atoms with Crippen LogP contribution in [0.2, 0.25) is 0 Å². The summed E-state index contributed by atoms with van der Waals surface area (Å²) in [5.74, 6) is 3.58. The van der Waals surface area contributed by atoms with Crippen molar-refractivity contribution in [1.82, 2.24) is 0 Å². The van der Waals surface area contributed by atoms with Crippen LogP contribution in [0, 0.1) is 46.3 Å². The normalized spacial score (nSPS) is 47.5. The third-order valence-electron chi connectivity index (χ3n) is 13.3. The maximum atomic E-state index is 11.1. The van der Waals surface area contributed by atoms with E-state index in [2.05, 4.69) is 47.3 Å². The van der Waals surface area contributed by atoms with Gasteiger partial charge in [-0.25, -0.2) is 0 Å². The molecule has 4 fully saturated rings. The van der Waals surface area contributed by atoms with Crippen LogP contribution < -0.4 is 0 Å². The largest absolute Gasteiger partial charge is 0.394 e. The molecule has 1 heterocycles. The molecule has 240 valence electrons. The van der Waals surface area contributed by atoms with E-state index in [9.17, 15) is 25.5 Å². The van der Waals surface area contributed by atoms with Gasteiger partial charge in [-0.3, -0.25) is 0 Å². The van der Waals surface area contributed by atoms with Gasteiger partial charge in [0.15, 0.2) is 6.29 Å². The van der Waals surface area contributed by atoms with Gasteiger partial charge in [0.1, 0.15) is 24.4 Å². The zero-order chi connectivity index (χ0) is 30.6. The highest BCUT2D eigenvalue weighted by molar-refractivity contribution is 5.25. The molecule has 5 N–H and O–H groups in total. The van der Waals surface area contributed by atoms with E-state index in [1.807, 2.05) is 0 Å². The molecule has 0 radical (unpaired) electrons. The van der Waals surface area contributed by atoms with Crippen molar-refractivity contribution in [1.29, 1.82) is 0 Å². The van der Waals surface area contributed by atoms with Crippen LogP contribution in [-0.2, 0) is 9.47 Å². The second-order valence-electron chi connectivity index (χ2n) is 15.6. The summed E-state index contributed by atoms with van der Waals surface area (Å²) in [6.45, 7) is 15.1. The lowest BCUT2D eigenvalue weighted by Gasteiger charge is -2.58. The number of fused-ring (bicyclic) bond motifs is 5. The van der Waals surface area contributed by atoms with Gasteiger partial charge in [0.2, 0.25) is 0 Å². The molecule has 0 aromatic rings. The Morgan fingerprint density at radius 1 is 1.05 bits per heavy atom. The molecule has 5 rings (SSSR count). The van der Waals surface area contributed by atoms with Crippen LogP contribution in [0.5, 0.6) is 0 Å². The number of aliphatic hydroxyl groups excluding tert-OH is 4. The third kappa shape index (κ3) is 5.48. The minimum Gasteiger partial charge on any atom is -0.394 e. The molecule has 0 spiro atoms. The van der Waals surface area contributed by atoms with E-state index in [1.54, 1.807) is 6.08 Å². The van der Waals surface area contributed by atoms with Crippen molar-refractivity contribution in [3.05, 3.63) is 24.3 Å². The van der Waals surface area contributed by atoms with E-state index < -0.39 is 42.9 Å². The zero-order valence-electron chi connectivity index (χ0n) is 26.6. The van der Waals surface area contributed by atoms with E-state index >= 15 is 0 Å². The highest BCUT2D eigenvalue weighted by atomic mass is 16.7. The second kappa shape index (κ2) is 12.2. The fraction of sp³-hybridized carbons (Fsp3) is 0.886. The van der Waals surface area contributed by atoms with E-state index in [1.165, 1.54) is 31.3 Å². The van der Waals surface area contributed by atoms with Gasteiger partial charge in [0.05, 0.1) is 18.3 Å². The van der Waals surface area contributed by atoms with Crippen LogP contribution in [0.3, 0.4) is 0 Å². The number of rotatable bonds is 9. The number of ether oxygens (including phenoxy) is 2. The highest BCUT2D eigenvalue weighted by Gasteiger charge is 2.59. The molecular formula is C35H58O7. The van der Waals surface area contributed by atoms with Gasteiger partial charge in [0, 0.05) is 0 Å². The van der Waals surface area contributed by atoms with Crippen LogP contribution >= 0.6 is 0 Å². The Labute approximate surface area is 253 Å². The van der Waals surface area contributed by atoms with Gasteiger partial charge in [-0.2, -0.15) is 0 Å². The molecular weight excluding hydrogens is 532 g/mol. The van der Waals surface area contributed by atoms with Gasteiger partial charge in [0.25, 0.3) is 0 Å². The zero-order valence-corrected chi connectivity index (χ0v) is 26.6. The fourth-order valence-electron chi connectivity index (χ4n) is 10.4. The molecule has 14 unspecified atom stereocenters. The average molecular weight is 591 g/mol. The molecule has 14 atom stereocenters. The molecule has 0 aromatic carbocycles. The Hall–Kier alpha value is -0.800. The first-order valence-corrected chi connectivity index (χ1v) is 16.8. The van der Waals surface area contributed by atoms with E-state index in [0.717, 1.165) is 44.4 Å². The maximum absolute atomic E-state index is 11.1. The topological polar surface area (TPSA) is 120 Å². The minimum atomic E-state index is -1.41. The molecule has 0 aromatic heterocycles. The Morgan fingerprint density at radius 3 is 2.45 bits per heavy atom. The molecule has 7 heteroatoms. The minimum absolute atomic E-state index is 0.132. The monoisotopic (exact) mass is 590 g/mol. The van der Waals surface area contributed by atoms with Crippen molar-refractivity contribution in [2.75, 3.05) is 6.61 Å². The Bertz CT molecular complexity index is 996. The summed E-state index contributed by atoms with van der Waals surface area (Å²) in [7, 11) is 0. The molecule has 7 nitrogen and oxygen atoms in total. The van der Waals surface area contributed by atoms with Crippen molar-refractivity contribution in [3.8, 4) is 0 Å². The summed E-state index contributed by atoms with van der Waals surface area (Å²) >= 11 is 0. The van der Waals surface area contributed by atoms with Gasteiger partial charge in [-0.15, -0.1) is 6.58 Å². The lowest BCUT2D eigenvalue weighted by molar-refractivity contribution is -0.313. The quantitative estimate of drug-likeness (QED) is 0.246. The Kier molecular flexibility index (Phi) is 9.45. The molecule has 0 amide bonds. The first-order valence-electron chi connectivity index (χ1n) is 16.8. The van der Waals surface area contributed by atoms with Crippen LogP contribution in [0.25, 0.3) is 0 Å². The molecule has 1 saturated heterocycles. The van der Waals surface area contributed by atoms with Crippen LogP contribution in [-0.4, -0.2) is 74.6 Å². The molecule has 1 aliphatic heterocycles. The lowest BCUT2D eigenvalue weighted by atomic mass is 9.47. The fourth-order valence-corrected chi connectivity index (χ4v) is 10.4. The van der Waals surface area contributed by atoms with Gasteiger partial charge in [-0.05, 0) is 111 Å². The summed E-state index contributed by atoms with van der Waals surface area (Å²) < 4.78 is 11.9. The number of hydrogen-bond donors (Lipinski definition) is 5. The second-order valence-corrected chi connectivity index (χ2v) is 15.6. The predicted octanol–water partition coefficient (Wildman–Crippen LogP) is 4.74. The number of hydrogen-bond acceptors (Lipinski definition) is 7. The Balaban J connectivity index is 1.24.